The van der Waals surface area contributed by atoms with E-state index in [-0.39, 0.29) is 6.03 Å². The number of likely N-dealkylation sites (N-methyl/N-ethyl adjacent to an activating group) is 1. The molecule has 0 radical (unpaired) electrons. The van der Waals surface area contributed by atoms with Gasteiger partial charge in [0.05, 0.1) is 6.10 Å². The average Bonchev–Trinajstić information content (AvgIpc) is 2.44. The molecule has 0 aliphatic carbocycles. The maximum absolute atomic E-state index is 11.9. The van der Waals surface area contributed by atoms with E-state index in [2.05, 4.69) is 23.5 Å². The number of hydrogen-bond donors (Lipinski definition) is 2. The molecule has 0 aromatic heterocycles. The smallest absolute Gasteiger partial charge is 0.317 e. The van der Waals surface area contributed by atoms with Gasteiger partial charge in [-0.2, -0.15) is 0 Å². The molecule has 1 unspecified atom stereocenters. The van der Waals surface area contributed by atoms with Crippen molar-refractivity contribution in [3.63, 3.8) is 0 Å². The van der Waals surface area contributed by atoms with E-state index < -0.39 is 6.10 Å². The Bertz CT molecular complexity index is 591. The molecule has 0 bridgehead atoms. The molecule has 0 heterocycles. The molecule has 0 aliphatic heterocycles. The molecule has 2 rings (SSSR count). The van der Waals surface area contributed by atoms with Gasteiger partial charge in [-0.05, 0) is 23.3 Å². The Kier molecular flexibility index (Phi) is 4.58. The van der Waals surface area contributed by atoms with Crippen molar-refractivity contribution in [3.05, 3.63) is 48.0 Å². The highest BCUT2D eigenvalue weighted by molar-refractivity contribution is 5.86. The second kappa shape index (κ2) is 6.39. The van der Waals surface area contributed by atoms with E-state index in [1.807, 2.05) is 24.3 Å². The van der Waals surface area contributed by atoms with Crippen LogP contribution >= 0.6 is 0 Å². The number of rotatable bonds is 4. The highest BCUT2D eigenvalue weighted by Crippen LogP contribution is 2.18. The van der Waals surface area contributed by atoms with E-state index in [4.69, 9.17) is 0 Å². The predicted molar refractivity (Wildman–Crippen MR) is 80.5 cm³/mol. The fraction of sp³-hybridized carbons (Fsp3) is 0.312. The number of aliphatic hydroxyl groups is 1. The molecular formula is C16H20N2O2. The standard InChI is InChI=1S/C16H20N2O2/c1-12(19)11-18(2)16(20)17-10-14-8-5-7-13-6-3-4-9-15(13)14/h3-9,12,19H,10-11H2,1-2H3,(H,17,20). The normalized spacial score (nSPS) is 12.2. The van der Waals surface area contributed by atoms with Gasteiger partial charge in [-0.1, -0.05) is 42.5 Å². The van der Waals surface area contributed by atoms with E-state index in [0.717, 1.165) is 16.3 Å². The lowest BCUT2D eigenvalue weighted by Gasteiger charge is -2.19. The van der Waals surface area contributed by atoms with Gasteiger partial charge in [0.1, 0.15) is 0 Å². The second-order valence-corrected chi connectivity index (χ2v) is 5.03. The topological polar surface area (TPSA) is 52.6 Å². The van der Waals surface area contributed by atoms with Crippen LogP contribution in [0.15, 0.2) is 42.5 Å². The number of urea groups is 1. The number of benzene rings is 2. The van der Waals surface area contributed by atoms with Crippen LogP contribution in [0.4, 0.5) is 4.79 Å². The maximum atomic E-state index is 11.9. The summed E-state index contributed by atoms with van der Waals surface area (Å²) in [4.78, 5) is 13.4. The van der Waals surface area contributed by atoms with Gasteiger partial charge in [-0.3, -0.25) is 0 Å². The number of amides is 2. The SMILES string of the molecule is CC(O)CN(C)C(=O)NCc1cccc2ccccc12. The first kappa shape index (κ1) is 14.3. The molecule has 0 saturated carbocycles. The van der Waals surface area contributed by atoms with Gasteiger partial charge in [0.2, 0.25) is 0 Å². The highest BCUT2D eigenvalue weighted by Gasteiger charge is 2.10. The van der Waals surface area contributed by atoms with Crippen molar-refractivity contribution in [1.29, 1.82) is 0 Å². The van der Waals surface area contributed by atoms with Crippen LogP contribution in [0.5, 0.6) is 0 Å². The molecule has 2 N–H and O–H groups in total. The Morgan fingerprint density at radius 3 is 2.70 bits per heavy atom. The Hall–Kier alpha value is -2.07. The number of carbonyl (C=O) groups excluding carboxylic acids is 1. The summed E-state index contributed by atoms with van der Waals surface area (Å²) in [6, 6.07) is 14.0. The first-order chi connectivity index (χ1) is 9.58. The molecule has 0 saturated heterocycles. The van der Waals surface area contributed by atoms with Crippen molar-refractivity contribution in [3.8, 4) is 0 Å². The van der Waals surface area contributed by atoms with Crippen LogP contribution in [-0.2, 0) is 6.54 Å². The molecule has 2 aromatic rings. The van der Waals surface area contributed by atoms with Crippen molar-refractivity contribution in [2.45, 2.75) is 19.6 Å². The molecule has 0 fully saturated rings. The van der Waals surface area contributed by atoms with Crippen molar-refractivity contribution < 1.29 is 9.90 Å². The minimum Gasteiger partial charge on any atom is -0.392 e. The lowest BCUT2D eigenvalue weighted by molar-refractivity contribution is 0.144. The van der Waals surface area contributed by atoms with E-state index in [0.29, 0.717) is 13.1 Å². The highest BCUT2D eigenvalue weighted by atomic mass is 16.3. The second-order valence-electron chi connectivity index (χ2n) is 5.03. The molecule has 0 aliphatic rings. The quantitative estimate of drug-likeness (QED) is 0.897. The molecule has 4 nitrogen and oxygen atoms in total. The Balaban J connectivity index is 2.04. The molecule has 2 amide bonds. The zero-order valence-electron chi connectivity index (χ0n) is 11.8. The fourth-order valence-electron chi connectivity index (χ4n) is 2.23. The van der Waals surface area contributed by atoms with Crippen LogP contribution in [-0.4, -0.2) is 35.7 Å². The first-order valence-corrected chi connectivity index (χ1v) is 6.71. The average molecular weight is 272 g/mol. The van der Waals surface area contributed by atoms with Crippen LogP contribution in [0, 0.1) is 0 Å². The number of aliphatic hydroxyl groups excluding tert-OH is 1. The molecule has 20 heavy (non-hydrogen) atoms. The molecule has 1 atom stereocenters. The van der Waals surface area contributed by atoms with Crippen molar-refractivity contribution in [1.82, 2.24) is 10.2 Å². The minimum absolute atomic E-state index is 0.182. The first-order valence-electron chi connectivity index (χ1n) is 6.71. The number of nitrogens with zero attached hydrogens (tertiary/aromatic N) is 1. The van der Waals surface area contributed by atoms with Gasteiger partial charge in [-0.15, -0.1) is 0 Å². The third-order valence-corrected chi connectivity index (χ3v) is 3.19. The van der Waals surface area contributed by atoms with Gasteiger partial charge in [0, 0.05) is 20.1 Å². The summed E-state index contributed by atoms with van der Waals surface area (Å²) in [5.41, 5.74) is 1.09. The molecule has 0 spiro atoms. The summed E-state index contributed by atoms with van der Waals surface area (Å²) in [5, 5.41) is 14.5. The number of fused-ring (bicyclic) bond motifs is 1. The number of nitrogens with one attached hydrogen (secondary N) is 1. The van der Waals surface area contributed by atoms with E-state index in [9.17, 15) is 9.90 Å². The van der Waals surface area contributed by atoms with Gasteiger partial charge in [-0.25, -0.2) is 4.79 Å². The number of carbonyl (C=O) groups is 1. The minimum atomic E-state index is -0.525. The largest absolute Gasteiger partial charge is 0.392 e. The van der Waals surface area contributed by atoms with Crippen LogP contribution in [0.3, 0.4) is 0 Å². The van der Waals surface area contributed by atoms with Crippen molar-refractivity contribution >= 4 is 16.8 Å². The zero-order valence-corrected chi connectivity index (χ0v) is 11.8. The van der Waals surface area contributed by atoms with Crippen LogP contribution in [0.1, 0.15) is 12.5 Å². The summed E-state index contributed by atoms with van der Waals surface area (Å²) >= 11 is 0. The van der Waals surface area contributed by atoms with Gasteiger partial charge in [0.15, 0.2) is 0 Å². The monoisotopic (exact) mass is 272 g/mol. The van der Waals surface area contributed by atoms with Gasteiger partial charge < -0.3 is 15.3 Å². The van der Waals surface area contributed by atoms with Gasteiger partial charge in [0.25, 0.3) is 0 Å². The van der Waals surface area contributed by atoms with Crippen molar-refractivity contribution in [2.24, 2.45) is 0 Å². The lowest BCUT2D eigenvalue weighted by Crippen LogP contribution is -2.40. The van der Waals surface area contributed by atoms with Crippen LogP contribution in [0.25, 0.3) is 10.8 Å². The van der Waals surface area contributed by atoms with Gasteiger partial charge >= 0.3 is 6.03 Å². The molecule has 106 valence electrons. The summed E-state index contributed by atoms with van der Waals surface area (Å²) in [6.07, 6.45) is -0.525. The maximum Gasteiger partial charge on any atom is 0.317 e. The van der Waals surface area contributed by atoms with Crippen molar-refractivity contribution in [2.75, 3.05) is 13.6 Å². The zero-order chi connectivity index (χ0) is 14.5. The third-order valence-electron chi connectivity index (χ3n) is 3.19. The lowest BCUT2D eigenvalue weighted by atomic mass is 10.0. The van der Waals surface area contributed by atoms with E-state index >= 15 is 0 Å². The predicted octanol–water partition coefficient (Wildman–Crippen LogP) is 2.36. The third kappa shape index (κ3) is 3.48. The summed E-state index contributed by atoms with van der Waals surface area (Å²) in [7, 11) is 1.67. The Morgan fingerprint density at radius 1 is 1.25 bits per heavy atom. The molecule has 2 aromatic carbocycles. The van der Waals surface area contributed by atoms with E-state index in [1.165, 1.54) is 4.90 Å². The molecule has 4 heteroatoms. The molecular weight excluding hydrogens is 252 g/mol. The van der Waals surface area contributed by atoms with Crippen LogP contribution in [0.2, 0.25) is 0 Å². The Labute approximate surface area is 119 Å². The van der Waals surface area contributed by atoms with E-state index in [1.54, 1.807) is 14.0 Å². The summed E-state index contributed by atoms with van der Waals surface area (Å²) in [5.74, 6) is 0. The Morgan fingerprint density at radius 2 is 1.95 bits per heavy atom. The van der Waals surface area contributed by atoms with Crippen LogP contribution < -0.4 is 5.32 Å². The summed E-state index contributed by atoms with van der Waals surface area (Å²) < 4.78 is 0. The summed E-state index contributed by atoms with van der Waals surface area (Å²) in [6.45, 7) is 2.46. The fourth-order valence-corrected chi connectivity index (χ4v) is 2.23. The number of hydrogen-bond acceptors (Lipinski definition) is 2.